The third kappa shape index (κ3) is 7.34. The highest BCUT2D eigenvalue weighted by Gasteiger charge is 2.19. The van der Waals surface area contributed by atoms with Gasteiger partial charge in [-0.2, -0.15) is 0 Å². The van der Waals surface area contributed by atoms with Gasteiger partial charge in [-0.1, -0.05) is 39.5 Å². The lowest BCUT2D eigenvalue weighted by Crippen LogP contribution is -2.43. The number of nitrogens with one attached hydrogen (secondary N) is 1. The summed E-state index contributed by atoms with van der Waals surface area (Å²) in [5.74, 6) is -0.00417. The Balaban J connectivity index is 4.19. The van der Waals surface area contributed by atoms with E-state index in [1.54, 1.807) is 0 Å². The van der Waals surface area contributed by atoms with Gasteiger partial charge in [0.15, 0.2) is 0 Å². The molecule has 4 nitrogen and oxygen atoms in total. The van der Waals surface area contributed by atoms with E-state index < -0.39 is 6.04 Å². The topological polar surface area (TPSA) is 69.6 Å². The monoisotopic (exact) mass is 245 g/mol. The summed E-state index contributed by atoms with van der Waals surface area (Å²) in [7, 11) is 0. The zero-order valence-corrected chi connectivity index (χ0v) is 11.1. The number of amides is 1. The Morgan fingerprint density at radius 1 is 1.06 bits per heavy atom. The summed E-state index contributed by atoms with van der Waals surface area (Å²) < 4.78 is 0. The van der Waals surface area contributed by atoms with E-state index in [9.17, 15) is 4.79 Å². The minimum atomic E-state index is -0.520. The second-order valence-corrected chi connectivity index (χ2v) is 4.55. The van der Waals surface area contributed by atoms with Gasteiger partial charge in [0.05, 0.1) is 19.3 Å². The van der Waals surface area contributed by atoms with Crippen LogP contribution in [0.3, 0.4) is 0 Å². The SMILES string of the molecule is CCCCC(CCCC)C(=O)NC(CO)CO. The lowest BCUT2D eigenvalue weighted by Gasteiger charge is -2.20. The molecule has 0 aromatic heterocycles. The fourth-order valence-corrected chi connectivity index (χ4v) is 1.78. The fraction of sp³-hybridized carbons (Fsp3) is 0.923. The molecule has 0 saturated carbocycles. The zero-order chi connectivity index (χ0) is 13.1. The van der Waals surface area contributed by atoms with Crippen molar-refractivity contribution in [1.29, 1.82) is 0 Å². The second-order valence-electron chi connectivity index (χ2n) is 4.55. The molecule has 0 radical (unpaired) electrons. The van der Waals surface area contributed by atoms with Crippen LogP contribution >= 0.6 is 0 Å². The molecular weight excluding hydrogens is 218 g/mol. The van der Waals surface area contributed by atoms with Crippen molar-refractivity contribution in [2.45, 2.75) is 58.4 Å². The Morgan fingerprint density at radius 2 is 1.53 bits per heavy atom. The summed E-state index contributed by atoms with van der Waals surface area (Å²) in [5.41, 5.74) is 0. The predicted molar refractivity (Wildman–Crippen MR) is 68.6 cm³/mol. The first-order valence-electron chi connectivity index (χ1n) is 6.71. The molecular formula is C13H27NO3. The van der Waals surface area contributed by atoms with Gasteiger partial charge in [-0.15, -0.1) is 0 Å². The largest absolute Gasteiger partial charge is 0.394 e. The van der Waals surface area contributed by atoms with E-state index in [4.69, 9.17) is 10.2 Å². The molecule has 0 unspecified atom stereocenters. The van der Waals surface area contributed by atoms with E-state index >= 15 is 0 Å². The molecule has 0 spiro atoms. The van der Waals surface area contributed by atoms with Crippen LogP contribution < -0.4 is 5.32 Å². The minimum Gasteiger partial charge on any atom is -0.394 e. The molecule has 0 aliphatic rings. The summed E-state index contributed by atoms with van der Waals surface area (Å²) in [6, 6.07) is -0.520. The van der Waals surface area contributed by atoms with Crippen molar-refractivity contribution in [1.82, 2.24) is 5.32 Å². The van der Waals surface area contributed by atoms with Crippen LogP contribution in [0.5, 0.6) is 0 Å². The number of hydrogen-bond donors (Lipinski definition) is 3. The van der Waals surface area contributed by atoms with Crippen molar-refractivity contribution >= 4 is 5.91 Å². The molecule has 0 fully saturated rings. The molecule has 1 amide bonds. The standard InChI is InChI=1S/C13H27NO3/c1-3-5-7-11(8-6-4-2)13(17)14-12(9-15)10-16/h11-12,15-16H,3-10H2,1-2H3,(H,14,17). The molecule has 17 heavy (non-hydrogen) atoms. The Bertz CT molecular complexity index is 185. The first kappa shape index (κ1) is 16.4. The number of hydrogen-bond acceptors (Lipinski definition) is 3. The number of aliphatic hydroxyl groups is 2. The van der Waals surface area contributed by atoms with E-state index in [1.165, 1.54) is 0 Å². The predicted octanol–water partition coefficient (Wildman–Crippen LogP) is 1.45. The third-order valence-electron chi connectivity index (χ3n) is 2.97. The molecule has 0 bridgehead atoms. The summed E-state index contributed by atoms with van der Waals surface area (Å²) in [6.45, 7) is 3.80. The Morgan fingerprint density at radius 3 is 1.88 bits per heavy atom. The minimum absolute atomic E-state index is 0.0236. The fourth-order valence-electron chi connectivity index (χ4n) is 1.78. The highest BCUT2D eigenvalue weighted by atomic mass is 16.3. The van der Waals surface area contributed by atoms with E-state index in [0.29, 0.717) is 0 Å². The van der Waals surface area contributed by atoms with Gasteiger partial charge in [0.1, 0.15) is 0 Å². The lowest BCUT2D eigenvalue weighted by molar-refractivity contribution is -0.126. The maximum absolute atomic E-state index is 11.9. The first-order chi connectivity index (χ1) is 8.19. The maximum atomic E-state index is 11.9. The van der Waals surface area contributed by atoms with Crippen molar-refractivity contribution < 1.29 is 15.0 Å². The molecule has 0 aromatic carbocycles. The summed E-state index contributed by atoms with van der Waals surface area (Å²) in [4.78, 5) is 11.9. The Hall–Kier alpha value is -0.610. The van der Waals surface area contributed by atoms with Crippen LogP contribution in [0, 0.1) is 5.92 Å². The van der Waals surface area contributed by atoms with Gasteiger partial charge in [-0.3, -0.25) is 4.79 Å². The van der Waals surface area contributed by atoms with Crippen LogP contribution in [0.4, 0.5) is 0 Å². The van der Waals surface area contributed by atoms with Crippen molar-refractivity contribution in [3.05, 3.63) is 0 Å². The molecule has 4 heteroatoms. The second kappa shape index (κ2) is 10.5. The number of aliphatic hydroxyl groups excluding tert-OH is 2. The van der Waals surface area contributed by atoms with Gasteiger partial charge in [0, 0.05) is 5.92 Å². The zero-order valence-electron chi connectivity index (χ0n) is 11.1. The van der Waals surface area contributed by atoms with Crippen LogP contribution in [0.1, 0.15) is 52.4 Å². The smallest absolute Gasteiger partial charge is 0.223 e. The van der Waals surface area contributed by atoms with Gasteiger partial charge in [0.2, 0.25) is 5.91 Å². The molecule has 0 aliphatic heterocycles. The van der Waals surface area contributed by atoms with Crippen molar-refractivity contribution in [3.8, 4) is 0 Å². The molecule has 0 aliphatic carbocycles. The Labute approximate surface area is 104 Å². The van der Waals surface area contributed by atoms with Crippen molar-refractivity contribution in [3.63, 3.8) is 0 Å². The van der Waals surface area contributed by atoms with Crippen LogP contribution in [-0.2, 0) is 4.79 Å². The van der Waals surface area contributed by atoms with E-state index in [0.717, 1.165) is 38.5 Å². The lowest BCUT2D eigenvalue weighted by atomic mass is 9.95. The molecule has 102 valence electrons. The van der Waals surface area contributed by atoms with Crippen LogP contribution in [0.15, 0.2) is 0 Å². The van der Waals surface area contributed by atoms with Crippen LogP contribution in [0.25, 0.3) is 0 Å². The van der Waals surface area contributed by atoms with Gasteiger partial charge < -0.3 is 15.5 Å². The van der Waals surface area contributed by atoms with Gasteiger partial charge in [0.25, 0.3) is 0 Å². The summed E-state index contributed by atoms with van der Waals surface area (Å²) >= 11 is 0. The van der Waals surface area contributed by atoms with Crippen molar-refractivity contribution in [2.24, 2.45) is 5.92 Å². The van der Waals surface area contributed by atoms with Crippen LogP contribution in [-0.4, -0.2) is 35.4 Å². The molecule has 3 N–H and O–H groups in total. The molecule has 0 rings (SSSR count). The number of unbranched alkanes of at least 4 members (excludes halogenated alkanes) is 2. The average molecular weight is 245 g/mol. The molecule has 0 heterocycles. The van der Waals surface area contributed by atoms with E-state index in [2.05, 4.69) is 19.2 Å². The summed E-state index contributed by atoms with van der Waals surface area (Å²) in [5, 5.41) is 20.6. The maximum Gasteiger partial charge on any atom is 0.223 e. The number of carbonyl (C=O) groups is 1. The van der Waals surface area contributed by atoms with Gasteiger partial charge >= 0.3 is 0 Å². The average Bonchev–Trinajstić information content (AvgIpc) is 2.35. The third-order valence-corrected chi connectivity index (χ3v) is 2.97. The highest BCUT2D eigenvalue weighted by Crippen LogP contribution is 2.16. The Kier molecular flexibility index (Phi) is 10.2. The summed E-state index contributed by atoms with van der Waals surface area (Å²) in [6.07, 6.45) is 6.05. The van der Waals surface area contributed by atoms with Gasteiger partial charge in [-0.05, 0) is 12.8 Å². The molecule has 0 atom stereocenters. The van der Waals surface area contributed by atoms with Crippen molar-refractivity contribution in [2.75, 3.05) is 13.2 Å². The molecule has 0 saturated heterocycles. The van der Waals surface area contributed by atoms with Gasteiger partial charge in [-0.25, -0.2) is 0 Å². The van der Waals surface area contributed by atoms with E-state index in [-0.39, 0.29) is 25.0 Å². The highest BCUT2D eigenvalue weighted by molar-refractivity contribution is 5.78. The van der Waals surface area contributed by atoms with Crippen LogP contribution in [0.2, 0.25) is 0 Å². The molecule has 0 aromatic rings. The number of rotatable bonds is 10. The van der Waals surface area contributed by atoms with E-state index in [1.807, 2.05) is 0 Å². The normalized spacial score (nSPS) is 11.2. The number of carbonyl (C=O) groups excluding carboxylic acids is 1. The quantitative estimate of drug-likeness (QED) is 0.545. The first-order valence-corrected chi connectivity index (χ1v) is 6.71.